The quantitative estimate of drug-likeness (QED) is 0.175. The van der Waals surface area contributed by atoms with Gasteiger partial charge in [0.25, 0.3) is 0 Å². The minimum Gasteiger partial charge on any atom is -0.477 e. The monoisotopic (exact) mass is 435 g/mol. The average Bonchev–Trinajstić information content (AvgIpc) is 3.11. The molecule has 0 aliphatic carbocycles. The summed E-state index contributed by atoms with van der Waals surface area (Å²) in [5.74, 6) is -1.72. The number of carboxylic acids is 1. The third-order valence-electron chi connectivity index (χ3n) is 3.97. The molecule has 1 fully saturated rings. The van der Waals surface area contributed by atoms with E-state index in [1.165, 1.54) is 11.8 Å². The molecule has 3 rings (SSSR count). The van der Waals surface area contributed by atoms with Gasteiger partial charge in [-0.2, -0.15) is 10.1 Å². The lowest BCUT2D eigenvalue weighted by Gasteiger charge is -2.49. The van der Waals surface area contributed by atoms with Gasteiger partial charge in [-0.05, 0) is 28.5 Å². The number of fused-ring (bicyclic) bond motifs is 1. The maximum atomic E-state index is 12.2. The number of hydrogen-bond donors (Lipinski definition) is 4. The molecule has 146 valence electrons. The van der Waals surface area contributed by atoms with Crippen molar-refractivity contribution >= 4 is 43.4 Å². The Bertz CT molecular complexity index is 806. The van der Waals surface area contributed by atoms with Gasteiger partial charge >= 0.3 is 14.0 Å². The minimum atomic E-state index is -2.72. The molecule has 0 saturated carbocycles. The van der Waals surface area contributed by atoms with Crippen molar-refractivity contribution in [2.24, 2.45) is 5.73 Å². The topological polar surface area (TPSA) is 185 Å². The molecule has 5 N–H and O–H groups in total. The Morgan fingerprint density at radius 3 is 2.93 bits per heavy atom. The van der Waals surface area contributed by atoms with E-state index >= 15 is 0 Å². The highest BCUT2D eigenvalue weighted by atomic mass is 32.2. The molecule has 1 saturated heterocycles. The van der Waals surface area contributed by atoms with E-state index in [4.69, 9.17) is 10.5 Å². The number of hydrogen-bond acceptors (Lipinski definition) is 10. The van der Waals surface area contributed by atoms with Gasteiger partial charge in [0.15, 0.2) is 4.93 Å². The van der Waals surface area contributed by atoms with Crippen LogP contribution in [0.3, 0.4) is 0 Å². The number of nitrogens with one attached hydrogen (secondary N) is 1. The molecule has 0 spiro atoms. The van der Waals surface area contributed by atoms with Gasteiger partial charge in [0.05, 0.1) is 0 Å². The second-order valence-electron chi connectivity index (χ2n) is 5.56. The summed E-state index contributed by atoms with van der Waals surface area (Å²) in [6, 6.07) is -0.785. The zero-order valence-corrected chi connectivity index (χ0v) is 16.5. The molecular formula is C12H16N6O6PS2+. The highest BCUT2D eigenvalue weighted by Gasteiger charge is 2.57. The molecular weight excluding hydrogens is 419 g/mol. The summed E-state index contributed by atoms with van der Waals surface area (Å²) < 4.78 is 17.5. The van der Waals surface area contributed by atoms with Crippen molar-refractivity contribution in [1.29, 1.82) is 0 Å². The molecule has 15 heteroatoms. The fraction of sp³-hybridized carbons (Fsp3) is 0.583. The molecule has 4 atom stereocenters. The molecule has 2 aliphatic rings. The Morgan fingerprint density at radius 2 is 2.37 bits per heavy atom. The van der Waals surface area contributed by atoms with E-state index in [0.29, 0.717) is 0 Å². The number of H-pyrrole nitrogens is 1. The number of aromatic amines is 1. The maximum Gasteiger partial charge on any atom is 0.509 e. The van der Waals surface area contributed by atoms with Gasteiger partial charge in [-0.1, -0.05) is 0 Å². The molecule has 1 amide bonds. The molecule has 0 radical (unpaired) electrons. The average molecular weight is 435 g/mol. The number of tetrazole rings is 1. The molecule has 3 unspecified atom stereocenters. The van der Waals surface area contributed by atoms with E-state index in [9.17, 15) is 24.2 Å². The lowest BCUT2D eigenvalue weighted by Crippen LogP contribution is -2.69. The Hall–Kier alpha value is -1.57. The van der Waals surface area contributed by atoms with Crippen LogP contribution in [0, 0.1) is 0 Å². The van der Waals surface area contributed by atoms with E-state index in [0.717, 1.165) is 16.7 Å². The molecule has 3 heterocycles. The Kier molecular flexibility index (Phi) is 5.84. The van der Waals surface area contributed by atoms with Crippen molar-refractivity contribution in [3.63, 3.8) is 0 Å². The maximum absolute atomic E-state index is 12.2. The van der Waals surface area contributed by atoms with Gasteiger partial charge in [0, 0.05) is 17.9 Å². The van der Waals surface area contributed by atoms with Crippen LogP contribution in [-0.4, -0.2) is 82.3 Å². The number of aliphatic carboxylic acids is 1. The molecule has 27 heavy (non-hydrogen) atoms. The molecule has 12 nitrogen and oxygen atoms in total. The summed E-state index contributed by atoms with van der Waals surface area (Å²) >= 11 is 2.14. The van der Waals surface area contributed by atoms with Crippen LogP contribution in [0.1, 0.15) is 6.92 Å². The predicted molar refractivity (Wildman–Crippen MR) is 94.8 cm³/mol. The smallest absolute Gasteiger partial charge is 0.477 e. The first-order chi connectivity index (χ1) is 12.8. The first kappa shape index (κ1) is 20.2. The molecule has 0 bridgehead atoms. The van der Waals surface area contributed by atoms with Crippen LogP contribution in [0.5, 0.6) is 0 Å². The van der Waals surface area contributed by atoms with Crippen molar-refractivity contribution < 1.29 is 28.9 Å². The van der Waals surface area contributed by atoms with Crippen LogP contribution in [-0.2, 0) is 18.9 Å². The summed E-state index contributed by atoms with van der Waals surface area (Å²) in [5, 5.41) is 22.7. The Labute approximate surface area is 162 Å². The van der Waals surface area contributed by atoms with Crippen LogP contribution in [0.15, 0.2) is 16.4 Å². The highest BCUT2D eigenvalue weighted by molar-refractivity contribution is 8.01. The van der Waals surface area contributed by atoms with Gasteiger partial charge < -0.3 is 15.6 Å². The van der Waals surface area contributed by atoms with Crippen LogP contribution < -0.4 is 5.73 Å². The first-order valence-corrected chi connectivity index (χ1v) is 10.9. The number of carbonyl (C=O) groups excluding carboxylic acids is 1. The number of ether oxygens (including phenoxy) is 1. The van der Waals surface area contributed by atoms with E-state index in [1.807, 2.05) is 0 Å². The van der Waals surface area contributed by atoms with Crippen molar-refractivity contribution in [2.75, 3.05) is 18.5 Å². The lowest BCUT2D eigenvalue weighted by atomic mass is 10.0. The van der Waals surface area contributed by atoms with Gasteiger partial charge in [0.1, 0.15) is 17.1 Å². The zero-order valence-electron chi connectivity index (χ0n) is 13.9. The number of aromatic nitrogens is 4. The largest absolute Gasteiger partial charge is 0.509 e. The number of nitrogens with two attached hydrogens (primary N) is 1. The summed E-state index contributed by atoms with van der Waals surface area (Å²) in [4.78, 5) is 33.3. The number of β-lactam (4-membered cyclic amide) rings is 1. The van der Waals surface area contributed by atoms with Crippen molar-refractivity contribution in [2.45, 2.75) is 28.4 Å². The van der Waals surface area contributed by atoms with E-state index < -0.39 is 42.4 Å². The van der Waals surface area contributed by atoms with Crippen LogP contribution in [0.25, 0.3) is 0 Å². The zero-order chi connectivity index (χ0) is 19.8. The Morgan fingerprint density at radius 1 is 1.63 bits per heavy atom. The number of thioether (sulfide) groups is 2. The van der Waals surface area contributed by atoms with Crippen LogP contribution in [0.2, 0.25) is 0 Å². The van der Waals surface area contributed by atoms with Crippen molar-refractivity contribution in [3.8, 4) is 0 Å². The van der Waals surface area contributed by atoms with E-state index in [1.54, 1.807) is 6.92 Å². The summed E-state index contributed by atoms with van der Waals surface area (Å²) in [5.41, 5.74) is 5.66. The summed E-state index contributed by atoms with van der Waals surface area (Å²) in [7, 11) is -2.72. The van der Waals surface area contributed by atoms with Gasteiger partial charge in [-0.15, -0.1) is 22.0 Å². The number of rotatable bonds is 8. The number of carboxylic acid groups (broad SMARTS) is 1. The fourth-order valence-electron chi connectivity index (χ4n) is 2.91. The van der Waals surface area contributed by atoms with E-state index in [-0.39, 0.29) is 28.8 Å². The second-order valence-corrected chi connectivity index (χ2v) is 8.91. The second kappa shape index (κ2) is 7.81. The van der Waals surface area contributed by atoms with Gasteiger partial charge in [-0.25, -0.2) is 4.79 Å². The fourth-order valence-corrected chi connectivity index (χ4v) is 6.55. The lowest BCUT2D eigenvalue weighted by molar-refractivity contribution is -0.148. The number of carbonyl (C=O) groups is 2. The number of amides is 1. The first-order valence-electron chi connectivity index (χ1n) is 7.68. The third-order valence-corrected chi connectivity index (χ3v) is 7.40. The van der Waals surface area contributed by atoms with Crippen molar-refractivity contribution in [1.82, 2.24) is 25.5 Å². The number of nitrogens with zero attached hydrogens (tertiary/aromatic N) is 4. The summed E-state index contributed by atoms with van der Waals surface area (Å²) in [6.07, 6.45) is -0.416. The Balaban J connectivity index is 2.14. The van der Waals surface area contributed by atoms with Crippen LogP contribution >= 0.6 is 31.6 Å². The predicted octanol–water partition coefficient (Wildman–Crippen LogP) is -0.660. The molecule has 1 aromatic rings. The van der Waals surface area contributed by atoms with E-state index in [2.05, 4.69) is 20.6 Å². The highest BCUT2D eigenvalue weighted by Crippen LogP contribution is 2.50. The van der Waals surface area contributed by atoms with Crippen LogP contribution in [0.4, 0.5) is 0 Å². The van der Waals surface area contributed by atoms with Gasteiger partial charge in [-0.3, -0.25) is 9.69 Å². The molecule has 1 aromatic heterocycles. The summed E-state index contributed by atoms with van der Waals surface area (Å²) in [6.45, 7) is 1.78. The van der Waals surface area contributed by atoms with Gasteiger partial charge in [0.2, 0.25) is 17.2 Å². The molecule has 2 aliphatic heterocycles. The minimum absolute atomic E-state index is 0.108. The molecule has 0 aromatic carbocycles. The standard InChI is InChI=1S/C12H15N6O6PS2/c1-2-24-12(4-25(22)23,27-11-14-16-17-15-11)5-3-26-9-6(13)8(19)18(9)7(5)10(20)21/h6,9H,2-4,13H2,1H3,(H2-,14,15,16,17,20,21,22,23)/p+1/t6?,9-,12?/m1/s1. The third kappa shape index (κ3) is 3.60. The normalized spacial score (nSPS) is 24.9. The SMILES string of the molecule is CCOC(C[P+](=O)O)(Sc1nn[nH]n1)C1=C(C(=O)O)N2C(=O)C(N)[C@H]2SC1. The van der Waals surface area contributed by atoms with Crippen molar-refractivity contribution in [3.05, 3.63) is 11.3 Å².